The van der Waals surface area contributed by atoms with E-state index in [1.807, 2.05) is 25.1 Å². The molecular formula is C17H22N2O2S. The molecule has 0 spiro atoms. The number of ether oxygens (including phenoxy) is 1. The third-order valence-electron chi connectivity index (χ3n) is 3.23. The van der Waals surface area contributed by atoms with Gasteiger partial charge in [0.2, 0.25) is 0 Å². The molecule has 0 fully saturated rings. The molecule has 1 aromatic heterocycles. The SMILES string of the molecule is Cc1nc(C(=O)NCCCCOCCc2ccccc2)cs1. The van der Waals surface area contributed by atoms with Gasteiger partial charge in [-0.2, -0.15) is 0 Å². The molecule has 5 heteroatoms. The van der Waals surface area contributed by atoms with Crippen LogP contribution in [0.4, 0.5) is 0 Å². The number of benzene rings is 1. The zero-order valence-electron chi connectivity index (χ0n) is 12.9. The predicted molar refractivity (Wildman–Crippen MR) is 89.4 cm³/mol. The van der Waals surface area contributed by atoms with E-state index in [1.54, 1.807) is 5.38 Å². The number of aromatic nitrogens is 1. The van der Waals surface area contributed by atoms with Gasteiger partial charge in [0.05, 0.1) is 11.6 Å². The van der Waals surface area contributed by atoms with Gasteiger partial charge >= 0.3 is 0 Å². The van der Waals surface area contributed by atoms with Crippen LogP contribution in [0.5, 0.6) is 0 Å². The number of carbonyl (C=O) groups is 1. The molecule has 118 valence electrons. The highest BCUT2D eigenvalue weighted by Crippen LogP contribution is 2.07. The van der Waals surface area contributed by atoms with Gasteiger partial charge in [0.25, 0.3) is 5.91 Å². The number of carbonyl (C=O) groups excluding carboxylic acids is 1. The summed E-state index contributed by atoms with van der Waals surface area (Å²) in [5.41, 5.74) is 1.81. The summed E-state index contributed by atoms with van der Waals surface area (Å²) in [6.07, 6.45) is 2.81. The summed E-state index contributed by atoms with van der Waals surface area (Å²) in [5, 5.41) is 5.58. The van der Waals surface area contributed by atoms with E-state index < -0.39 is 0 Å². The van der Waals surface area contributed by atoms with Crippen LogP contribution in [0.25, 0.3) is 0 Å². The number of thiazole rings is 1. The minimum absolute atomic E-state index is 0.0886. The number of hydrogen-bond acceptors (Lipinski definition) is 4. The second kappa shape index (κ2) is 9.33. The molecule has 22 heavy (non-hydrogen) atoms. The van der Waals surface area contributed by atoms with Crippen LogP contribution < -0.4 is 5.32 Å². The summed E-state index contributed by atoms with van der Waals surface area (Å²) in [6.45, 7) is 4.04. The van der Waals surface area contributed by atoms with Gasteiger partial charge in [-0.25, -0.2) is 4.98 Å². The highest BCUT2D eigenvalue weighted by molar-refractivity contribution is 7.09. The van der Waals surface area contributed by atoms with Crippen LogP contribution in [-0.2, 0) is 11.2 Å². The fourth-order valence-electron chi connectivity index (χ4n) is 2.03. The van der Waals surface area contributed by atoms with Gasteiger partial charge in [-0.1, -0.05) is 30.3 Å². The standard InChI is InChI=1S/C17H22N2O2S/c1-14-19-16(13-22-14)17(20)18-10-5-6-11-21-12-9-15-7-3-2-4-8-15/h2-4,7-8,13H,5-6,9-12H2,1H3,(H,18,20). The van der Waals surface area contributed by atoms with Crippen LogP contribution >= 0.6 is 11.3 Å². The Labute approximate surface area is 135 Å². The molecule has 1 heterocycles. The lowest BCUT2D eigenvalue weighted by Crippen LogP contribution is -2.25. The lowest BCUT2D eigenvalue weighted by atomic mass is 10.2. The van der Waals surface area contributed by atoms with Crippen molar-refractivity contribution < 1.29 is 9.53 Å². The van der Waals surface area contributed by atoms with E-state index >= 15 is 0 Å². The fourth-order valence-corrected chi connectivity index (χ4v) is 2.62. The molecule has 4 nitrogen and oxygen atoms in total. The second-order valence-corrected chi connectivity index (χ2v) is 6.12. The first-order valence-corrected chi connectivity index (χ1v) is 8.45. The lowest BCUT2D eigenvalue weighted by molar-refractivity contribution is 0.0944. The molecule has 0 saturated heterocycles. The summed E-state index contributed by atoms with van der Waals surface area (Å²) in [4.78, 5) is 15.9. The maximum atomic E-state index is 11.8. The third-order valence-corrected chi connectivity index (χ3v) is 4.00. The van der Waals surface area contributed by atoms with Crippen LogP contribution in [0.3, 0.4) is 0 Å². The Hall–Kier alpha value is -1.72. The molecule has 1 amide bonds. The average Bonchev–Trinajstić information content (AvgIpc) is 2.97. The number of unbranched alkanes of at least 4 members (excludes halogenated alkanes) is 1. The molecular weight excluding hydrogens is 296 g/mol. The van der Waals surface area contributed by atoms with Gasteiger partial charge in [-0.3, -0.25) is 4.79 Å². The smallest absolute Gasteiger partial charge is 0.270 e. The number of aryl methyl sites for hydroxylation is 1. The first-order chi connectivity index (χ1) is 10.8. The molecule has 0 aliphatic carbocycles. The van der Waals surface area contributed by atoms with Crippen molar-refractivity contribution in [1.82, 2.24) is 10.3 Å². The molecule has 0 unspecified atom stereocenters. The topological polar surface area (TPSA) is 51.2 Å². The minimum atomic E-state index is -0.0886. The monoisotopic (exact) mass is 318 g/mol. The van der Waals surface area contributed by atoms with Crippen LogP contribution in [0.1, 0.15) is 33.9 Å². The fraction of sp³-hybridized carbons (Fsp3) is 0.412. The van der Waals surface area contributed by atoms with E-state index in [-0.39, 0.29) is 5.91 Å². The molecule has 1 N–H and O–H groups in total. The molecule has 0 bridgehead atoms. The molecule has 1 aromatic carbocycles. The predicted octanol–water partition coefficient (Wildman–Crippen LogP) is 3.22. The van der Waals surface area contributed by atoms with Crippen molar-refractivity contribution in [3.8, 4) is 0 Å². The second-order valence-electron chi connectivity index (χ2n) is 5.06. The van der Waals surface area contributed by atoms with Gasteiger partial charge in [0.15, 0.2) is 0 Å². The Morgan fingerprint density at radius 3 is 2.77 bits per heavy atom. The first-order valence-electron chi connectivity index (χ1n) is 7.57. The summed E-state index contributed by atoms with van der Waals surface area (Å²) >= 11 is 1.49. The normalized spacial score (nSPS) is 10.6. The van der Waals surface area contributed by atoms with E-state index in [0.29, 0.717) is 12.2 Å². The van der Waals surface area contributed by atoms with Crippen LogP contribution in [0, 0.1) is 6.92 Å². The van der Waals surface area contributed by atoms with Gasteiger partial charge in [0.1, 0.15) is 5.69 Å². The van der Waals surface area contributed by atoms with E-state index in [9.17, 15) is 4.79 Å². The van der Waals surface area contributed by atoms with Crippen molar-refractivity contribution in [3.63, 3.8) is 0 Å². The van der Waals surface area contributed by atoms with Gasteiger partial charge in [-0.05, 0) is 31.7 Å². The average molecular weight is 318 g/mol. The summed E-state index contributed by atoms with van der Waals surface area (Å²) in [7, 11) is 0. The molecule has 0 radical (unpaired) electrons. The van der Waals surface area contributed by atoms with Crippen LogP contribution in [-0.4, -0.2) is 30.6 Å². The maximum Gasteiger partial charge on any atom is 0.270 e. The van der Waals surface area contributed by atoms with Gasteiger partial charge < -0.3 is 10.1 Å². The van der Waals surface area contributed by atoms with Gasteiger partial charge in [0, 0.05) is 18.5 Å². The Morgan fingerprint density at radius 2 is 2.05 bits per heavy atom. The zero-order valence-corrected chi connectivity index (χ0v) is 13.7. The lowest BCUT2D eigenvalue weighted by Gasteiger charge is -2.05. The quantitative estimate of drug-likeness (QED) is 0.722. The van der Waals surface area contributed by atoms with Crippen LogP contribution in [0.15, 0.2) is 35.7 Å². The van der Waals surface area contributed by atoms with Gasteiger partial charge in [-0.15, -0.1) is 11.3 Å². The Bertz CT molecular complexity index is 569. The Kier molecular flexibility index (Phi) is 7.06. The molecule has 2 aromatic rings. The van der Waals surface area contributed by atoms with Crippen molar-refractivity contribution in [1.29, 1.82) is 0 Å². The maximum absolute atomic E-state index is 11.8. The van der Waals surface area contributed by atoms with E-state index in [1.165, 1.54) is 16.9 Å². The van der Waals surface area contributed by atoms with Crippen LogP contribution in [0.2, 0.25) is 0 Å². The number of hydrogen-bond donors (Lipinski definition) is 1. The van der Waals surface area contributed by atoms with Crippen molar-refractivity contribution in [3.05, 3.63) is 52.0 Å². The number of amides is 1. The first kappa shape index (κ1) is 16.6. The third kappa shape index (κ3) is 5.95. The summed E-state index contributed by atoms with van der Waals surface area (Å²) in [5.74, 6) is -0.0886. The largest absolute Gasteiger partial charge is 0.381 e. The number of nitrogens with zero attached hydrogens (tertiary/aromatic N) is 1. The molecule has 0 aliphatic heterocycles. The molecule has 2 rings (SSSR count). The minimum Gasteiger partial charge on any atom is -0.381 e. The zero-order chi connectivity index (χ0) is 15.6. The number of nitrogens with one attached hydrogen (secondary N) is 1. The van der Waals surface area contributed by atoms with Crippen molar-refractivity contribution in [2.75, 3.05) is 19.8 Å². The van der Waals surface area contributed by atoms with Crippen molar-refractivity contribution in [2.45, 2.75) is 26.2 Å². The van der Waals surface area contributed by atoms with E-state index in [0.717, 1.165) is 37.5 Å². The van der Waals surface area contributed by atoms with E-state index in [2.05, 4.69) is 22.4 Å². The highest BCUT2D eigenvalue weighted by Gasteiger charge is 2.07. The number of rotatable bonds is 9. The highest BCUT2D eigenvalue weighted by atomic mass is 32.1. The molecule has 0 aliphatic rings. The molecule has 0 saturated carbocycles. The summed E-state index contributed by atoms with van der Waals surface area (Å²) < 4.78 is 5.61. The van der Waals surface area contributed by atoms with Crippen molar-refractivity contribution >= 4 is 17.2 Å². The Balaban J connectivity index is 1.47. The molecule has 0 atom stereocenters. The Morgan fingerprint density at radius 1 is 1.23 bits per heavy atom. The van der Waals surface area contributed by atoms with Crippen molar-refractivity contribution in [2.24, 2.45) is 0 Å². The summed E-state index contributed by atoms with van der Waals surface area (Å²) in [6, 6.07) is 10.3. The van der Waals surface area contributed by atoms with E-state index in [4.69, 9.17) is 4.74 Å².